The lowest BCUT2D eigenvalue weighted by Crippen LogP contribution is -2.63. The topological polar surface area (TPSA) is 64.1 Å². The van der Waals surface area contributed by atoms with Crippen LogP contribution in [0.5, 0.6) is 5.75 Å². The number of benzene rings is 2. The van der Waals surface area contributed by atoms with E-state index in [2.05, 4.69) is 93.9 Å². The molecule has 0 amide bonds. The van der Waals surface area contributed by atoms with Gasteiger partial charge in [-0.1, -0.05) is 57.2 Å². The predicted octanol–water partition coefficient (Wildman–Crippen LogP) is 5.46. The fourth-order valence-corrected chi connectivity index (χ4v) is 6.57. The number of phenols is 1. The van der Waals surface area contributed by atoms with Gasteiger partial charge in [0, 0.05) is 24.0 Å². The standard InChI is InChI=1S/C24H41N3O.C8H10.2CH2O/c1-7-20-8-9-21(28)16-22(20)24(3)12-15-26(5)18(2)23(24)27(6)17-19-10-13-25(4)14-11-19;1-2-8-6-4-3-5-7-8;2*1-2/h8-9,16,18-19,23,28H,7,10-15,17H2,1-6H3;3-7H,2H2,1H3;2*1H2/t18?,23?,24-;;;/m1.../s1. The number of carbonyl (C=O) groups excluding carboxylic acids is 2. The number of rotatable bonds is 6. The van der Waals surface area contributed by atoms with Crippen LogP contribution in [0, 0.1) is 5.92 Å². The highest BCUT2D eigenvalue weighted by atomic mass is 16.3. The zero-order valence-electron chi connectivity index (χ0n) is 26.2. The third-order valence-corrected chi connectivity index (χ3v) is 8.99. The third-order valence-electron chi connectivity index (χ3n) is 8.99. The molecular weight excluding hydrogens is 498 g/mol. The van der Waals surface area contributed by atoms with Crippen molar-refractivity contribution >= 4 is 13.6 Å². The number of aromatic hydroxyl groups is 1. The number of likely N-dealkylation sites (N-methyl/N-ethyl adjacent to an activating group) is 2. The summed E-state index contributed by atoms with van der Waals surface area (Å²) in [5.41, 5.74) is 4.20. The molecule has 2 saturated heterocycles. The number of piperidine rings is 2. The molecule has 6 nitrogen and oxygen atoms in total. The van der Waals surface area contributed by atoms with Crippen LogP contribution in [-0.4, -0.2) is 92.8 Å². The zero-order chi connectivity index (χ0) is 30.3. The number of likely N-dealkylation sites (tertiary alicyclic amines) is 2. The molecule has 40 heavy (non-hydrogen) atoms. The van der Waals surface area contributed by atoms with Crippen molar-refractivity contribution < 1.29 is 14.7 Å². The van der Waals surface area contributed by atoms with Crippen molar-refractivity contribution in [2.24, 2.45) is 5.92 Å². The van der Waals surface area contributed by atoms with E-state index in [1.807, 2.05) is 31.8 Å². The smallest absolute Gasteiger partial charge is 0.115 e. The first-order chi connectivity index (χ1) is 19.2. The summed E-state index contributed by atoms with van der Waals surface area (Å²) in [5.74, 6) is 1.19. The monoisotopic (exact) mass is 553 g/mol. The van der Waals surface area contributed by atoms with Crippen LogP contribution >= 0.6 is 0 Å². The van der Waals surface area contributed by atoms with Gasteiger partial charge in [0.05, 0.1) is 0 Å². The van der Waals surface area contributed by atoms with E-state index < -0.39 is 0 Å². The fourth-order valence-electron chi connectivity index (χ4n) is 6.57. The van der Waals surface area contributed by atoms with Crippen LogP contribution in [0.25, 0.3) is 0 Å². The van der Waals surface area contributed by atoms with Gasteiger partial charge in [-0.3, -0.25) is 0 Å². The Labute approximate surface area is 244 Å². The third kappa shape index (κ3) is 9.53. The molecule has 0 saturated carbocycles. The lowest BCUT2D eigenvalue weighted by atomic mass is 9.66. The molecule has 0 bridgehead atoms. The van der Waals surface area contributed by atoms with Gasteiger partial charge in [0.15, 0.2) is 0 Å². The van der Waals surface area contributed by atoms with Crippen LogP contribution in [0.3, 0.4) is 0 Å². The molecule has 0 aliphatic carbocycles. The minimum Gasteiger partial charge on any atom is -0.508 e. The highest BCUT2D eigenvalue weighted by Crippen LogP contribution is 2.43. The summed E-state index contributed by atoms with van der Waals surface area (Å²) in [7, 11) is 6.85. The molecule has 0 aromatic heterocycles. The summed E-state index contributed by atoms with van der Waals surface area (Å²) in [6.07, 6.45) is 5.90. The number of carbonyl (C=O) groups is 2. The summed E-state index contributed by atoms with van der Waals surface area (Å²) in [6, 6.07) is 17.4. The molecule has 2 heterocycles. The summed E-state index contributed by atoms with van der Waals surface area (Å²) in [4.78, 5) is 23.6. The first kappa shape index (κ1) is 35.5. The summed E-state index contributed by atoms with van der Waals surface area (Å²) in [6.45, 7) is 18.0. The van der Waals surface area contributed by atoms with Gasteiger partial charge in [-0.2, -0.15) is 0 Å². The SMILES string of the molecule is C=O.C=O.CCc1ccc(O)cc1[C@@]1(C)CCN(C)C(C)C1N(C)CC1CCN(C)CC1.CCc1ccccc1. The molecule has 0 spiro atoms. The number of hydrogen-bond donors (Lipinski definition) is 1. The summed E-state index contributed by atoms with van der Waals surface area (Å²) < 4.78 is 0. The molecule has 1 N–H and O–H groups in total. The maximum Gasteiger partial charge on any atom is 0.115 e. The van der Waals surface area contributed by atoms with Gasteiger partial charge >= 0.3 is 0 Å². The van der Waals surface area contributed by atoms with Crippen LogP contribution in [0.2, 0.25) is 0 Å². The Hall–Kier alpha value is -2.54. The molecule has 3 atom stereocenters. The van der Waals surface area contributed by atoms with Gasteiger partial charge in [-0.15, -0.1) is 0 Å². The number of phenolic OH excluding ortho intramolecular Hbond substituents is 1. The van der Waals surface area contributed by atoms with E-state index in [1.165, 1.54) is 49.2 Å². The second kappa shape index (κ2) is 18.0. The Morgan fingerprint density at radius 1 is 0.950 bits per heavy atom. The van der Waals surface area contributed by atoms with E-state index in [9.17, 15) is 5.11 Å². The lowest BCUT2D eigenvalue weighted by molar-refractivity contribution is -0.0987. The molecule has 2 aromatic rings. The average molecular weight is 554 g/mol. The second-order valence-electron chi connectivity index (χ2n) is 11.6. The molecule has 2 aliphatic rings. The predicted molar refractivity (Wildman–Crippen MR) is 168 cm³/mol. The summed E-state index contributed by atoms with van der Waals surface area (Å²) >= 11 is 0. The minimum absolute atomic E-state index is 0.0518. The highest BCUT2D eigenvalue weighted by molar-refractivity contribution is 5.42. The van der Waals surface area contributed by atoms with Crippen molar-refractivity contribution in [1.29, 1.82) is 0 Å². The van der Waals surface area contributed by atoms with E-state index in [-0.39, 0.29) is 5.41 Å². The van der Waals surface area contributed by atoms with E-state index in [0.29, 0.717) is 17.8 Å². The Balaban J connectivity index is 0.000000561. The minimum atomic E-state index is 0.0518. The van der Waals surface area contributed by atoms with Gasteiger partial charge in [0.25, 0.3) is 0 Å². The Morgan fingerprint density at radius 3 is 2.08 bits per heavy atom. The molecule has 2 fully saturated rings. The maximum atomic E-state index is 10.3. The number of nitrogens with zero attached hydrogens (tertiary/aromatic N) is 3. The zero-order valence-corrected chi connectivity index (χ0v) is 26.2. The van der Waals surface area contributed by atoms with Crippen LogP contribution in [0.15, 0.2) is 48.5 Å². The van der Waals surface area contributed by atoms with Gasteiger partial charge in [-0.05, 0) is 115 Å². The Morgan fingerprint density at radius 2 is 1.55 bits per heavy atom. The van der Waals surface area contributed by atoms with E-state index in [0.717, 1.165) is 31.7 Å². The van der Waals surface area contributed by atoms with Crippen LogP contribution < -0.4 is 0 Å². The largest absolute Gasteiger partial charge is 0.508 e. The van der Waals surface area contributed by atoms with Crippen LogP contribution in [-0.2, 0) is 27.8 Å². The van der Waals surface area contributed by atoms with Crippen molar-refractivity contribution in [3.05, 3.63) is 65.2 Å². The van der Waals surface area contributed by atoms with Gasteiger partial charge < -0.3 is 29.4 Å². The van der Waals surface area contributed by atoms with Crippen molar-refractivity contribution in [3.63, 3.8) is 0 Å². The molecule has 224 valence electrons. The van der Waals surface area contributed by atoms with Crippen LogP contribution in [0.1, 0.15) is 63.6 Å². The van der Waals surface area contributed by atoms with Crippen molar-refractivity contribution in [1.82, 2.24) is 14.7 Å². The normalized spacial score (nSPS) is 23.6. The Kier molecular flexibility index (Phi) is 16.0. The quantitative estimate of drug-likeness (QED) is 0.513. The van der Waals surface area contributed by atoms with Crippen LogP contribution in [0.4, 0.5) is 0 Å². The maximum absolute atomic E-state index is 10.3. The molecule has 4 rings (SSSR count). The van der Waals surface area contributed by atoms with Gasteiger partial charge in [0.2, 0.25) is 0 Å². The molecule has 2 aromatic carbocycles. The first-order valence-corrected chi connectivity index (χ1v) is 14.7. The highest BCUT2D eigenvalue weighted by Gasteiger charge is 2.47. The van der Waals surface area contributed by atoms with Gasteiger partial charge in [-0.25, -0.2) is 0 Å². The van der Waals surface area contributed by atoms with E-state index in [4.69, 9.17) is 9.59 Å². The second-order valence-corrected chi connectivity index (χ2v) is 11.6. The number of aryl methyl sites for hydroxylation is 2. The van der Waals surface area contributed by atoms with Crippen molar-refractivity contribution in [3.8, 4) is 5.75 Å². The van der Waals surface area contributed by atoms with Crippen molar-refractivity contribution in [2.45, 2.75) is 77.3 Å². The molecule has 2 aliphatic heterocycles. The summed E-state index contributed by atoms with van der Waals surface area (Å²) in [5, 5.41) is 10.3. The van der Waals surface area contributed by atoms with Gasteiger partial charge in [0.1, 0.15) is 19.3 Å². The lowest BCUT2D eigenvalue weighted by Gasteiger charge is -2.54. The van der Waals surface area contributed by atoms with E-state index in [1.54, 1.807) is 0 Å². The molecular formula is C34H55N3O3. The Bertz CT molecular complexity index is 962. The molecule has 2 unspecified atom stereocenters. The first-order valence-electron chi connectivity index (χ1n) is 14.7. The van der Waals surface area contributed by atoms with E-state index >= 15 is 0 Å². The average Bonchev–Trinajstić information content (AvgIpc) is 2.99. The molecule has 0 radical (unpaired) electrons. The fraction of sp³-hybridized carbons (Fsp3) is 0.588. The van der Waals surface area contributed by atoms with Crippen molar-refractivity contribution in [2.75, 3.05) is 47.3 Å². The number of hydrogen-bond acceptors (Lipinski definition) is 6. The molecule has 6 heteroatoms.